The fourth-order valence-electron chi connectivity index (χ4n) is 1.98. The Hall–Kier alpha value is -1.73. The van der Waals surface area contributed by atoms with Crippen molar-refractivity contribution in [2.45, 2.75) is 12.8 Å². The fourth-order valence-corrected chi connectivity index (χ4v) is 2.17. The summed E-state index contributed by atoms with van der Waals surface area (Å²) in [7, 11) is 0. The van der Waals surface area contributed by atoms with Gasteiger partial charge in [-0.2, -0.15) is 5.26 Å². The van der Waals surface area contributed by atoms with Crippen LogP contribution < -0.4 is 5.32 Å². The van der Waals surface area contributed by atoms with Crippen molar-refractivity contribution in [2.24, 2.45) is 5.92 Å². The Morgan fingerprint density at radius 3 is 2.78 bits per heavy atom. The summed E-state index contributed by atoms with van der Waals surface area (Å²) in [6.07, 6.45) is 1.50. The maximum absolute atomic E-state index is 12.0. The van der Waals surface area contributed by atoms with E-state index in [-0.39, 0.29) is 11.9 Å². The van der Waals surface area contributed by atoms with E-state index in [2.05, 4.69) is 11.4 Å². The molecule has 1 fully saturated rings. The number of likely N-dealkylation sites (tertiary alicyclic amines) is 1. The molecule has 1 N–H and O–H groups in total. The number of benzene rings is 1. The highest BCUT2D eigenvalue weighted by atomic mass is 35.5. The van der Waals surface area contributed by atoms with Crippen LogP contribution in [-0.2, 0) is 0 Å². The molecule has 1 aromatic rings. The van der Waals surface area contributed by atoms with Gasteiger partial charge >= 0.3 is 6.03 Å². The minimum Gasteiger partial charge on any atom is -0.324 e. The van der Waals surface area contributed by atoms with Crippen molar-refractivity contribution in [1.29, 1.82) is 5.26 Å². The van der Waals surface area contributed by atoms with E-state index in [1.54, 1.807) is 29.2 Å². The van der Waals surface area contributed by atoms with Crippen molar-refractivity contribution in [3.63, 3.8) is 0 Å². The van der Waals surface area contributed by atoms with E-state index in [4.69, 9.17) is 16.9 Å². The predicted molar refractivity (Wildman–Crippen MR) is 70.4 cm³/mol. The zero-order valence-electron chi connectivity index (χ0n) is 9.90. The summed E-state index contributed by atoms with van der Waals surface area (Å²) in [5.74, 6) is 0.0835. The Balaban J connectivity index is 1.91. The topological polar surface area (TPSA) is 56.1 Å². The van der Waals surface area contributed by atoms with E-state index in [1.165, 1.54) is 0 Å². The third kappa shape index (κ3) is 3.14. The number of carbonyl (C=O) groups excluding carboxylic acids is 1. The highest BCUT2D eigenvalue weighted by molar-refractivity contribution is 6.30. The number of nitriles is 1. The zero-order chi connectivity index (χ0) is 13.0. The fraction of sp³-hybridized carbons (Fsp3) is 0.385. The SMILES string of the molecule is N#CC1CCN(C(=O)Nc2cccc(Cl)c2)CC1. The first-order valence-electron chi connectivity index (χ1n) is 5.90. The molecule has 2 amide bonds. The number of amides is 2. The number of urea groups is 1. The van der Waals surface area contributed by atoms with Gasteiger partial charge in [0.25, 0.3) is 0 Å². The molecule has 1 aliphatic rings. The first-order chi connectivity index (χ1) is 8.69. The van der Waals surface area contributed by atoms with Crippen molar-refractivity contribution >= 4 is 23.3 Å². The van der Waals surface area contributed by atoms with Gasteiger partial charge in [0.15, 0.2) is 0 Å². The maximum atomic E-state index is 12.0. The quantitative estimate of drug-likeness (QED) is 0.846. The van der Waals surface area contributed by atoms with Crippen molar-refractivity contribution in [3.05, 3.63) is 29.3 Å². The van der Waals surface area contributed by atoms with Gasteiger partial charge in [-0.1, -0.05) is 17.7 Å². The minimum atomic E-state index is -0.131. The third-order valence-electron chi connectivity index (χ3n) is 3.04. The number of nitrogens with zero attached hydrogens (tertiary/aromatic N) is 2. The average Bonchev–Trinajstić information content (AvgIpc) is 2.39. The highest BCUT2D eigenvalue weighted by Gasteiger charge is 2.22. The predicted octanol–water partition coefficient (Wildman–Crippen LogP) is 3.11. The molecule has 1 heterocycles. The van der Waals surface area contributed by atoms with Crippen LogP contribution in [-0.4, -0.2) is 24.0 Å². The van der Waals surface area contributed by atoms with E-state index in [0.29, 0.717) is 23.8 Å². The summed E-state index contributed by atoms with van der Waals surface area (Å²) in [5, 5.41) is 12.2. The van der Waals surface area contributed by atoms with Crippen LogP contribution in [0.15, 0.2) is 24.3 Å². The molecule has 0 atom stereocenters. The van der Waals surface area contributed by atoms with E-state index in [9.17, 15) is 4.79 Å². The second kappa shape index (κ2) is 5.74. The molecule has 18 heavy (non-hydrogen) atoms. The lowest BCUT2D eigenvalue weighted by Crippen LogP contribution is -2.40. The van der Waals surface area contributed by atoms with Gasteiger partial charge in [-0.25, -0.2) is 4.79 Å². The summed E-state index contributed by atoms with van der Waals surface area (Å²) in [6, 6.07) is 9.17. The number of hydrogen-bond donors (Lipinski definition) is 1. The molecule has 0 unspecified atom stereocenters. The molecule has 0 bridgehead atoms. The Labute approximate surface area is 111 Å². The van der Waals surface area contributed by atoms with Gasteiger partial charge < -0.3 is 10.2 Å². The number of piperidine rings is 1. The van der Waals surface area contributed by atoms with E-state index in [1.807, 2.05) is 0 Å². The molecule has 1 aliphatic heterocycles. The highest BCUT2D eigenvalue weighted by Crippen LogP contribution is 2.19. The third-order valence-corrected chi connectivity index (χ3v) is 3.28. The molecule has 0 saturated carbocycles. The molecule has 1 aromatic carbocycles. The van der Waals surface area contributed by atoms with E-state index < -0.39 is 0 Å². The number of halogens is 1. The van der Waals surface area contributed by atoms with Crippen LogP contribution in [0.3, 0.4) is 0 Å². The first-order valence-corrected chi connectivity index (χ1v) is 6.28. The van der Waals surface area contributed by atoms with Crippen LogP contribution in [0.4, 0.5) is 10.5 Å². The van der Waals surface area contributed by atoms with Crippen LogP contribution in [0.2, 0.25) is 5.02 Å². The van der Waals surface area contributed by atoms with Crippen LogP contribution >= 0.6 is 11.6 Å². The number of carbonyl (C=O) groups is 1. The van der Waals surface area contributed by atoms with Crippen LogP contribution in [0.5, 0.6) is 0 Å². The molecule has 0 aliphatic carbocycles. The van der Waals surface area contributed by atoms with Crippen LogP contribution in [0.1, 0.15) is 12.8 Å². The molecule has 0 aromatic heterocycles. The number of nitrogens with one attached hydrogen (secondary N) is 1. The van der Waals surface area contributed by atoms with Crippen molar-refractivity contribution < 1.29 is 4.79 Å². The summed E-state index contributed by atoms with van der Waals surface area (Å²) in [5.41, 5.74) is 0.690. The standard InChI is InChI=1S/C13H14ClN3O/c14-11-2-1-3-12(8-11)16-13(18)17-6-4-10(9-15)5-7-17/h1-3,8,10H,4-7H2,(H,16,18). The van der Waals surface area contributed by atoms with Crippen LogP contribution in [0.25, 0.3) is 0 Å². The van der Waals surface area contributed by atoms with Gasteiger partial charge in [0.1, 0.15) is 0 Å². The van der Waals surface area contributed by atoms with Crippen molar-refractivity contribution in [2.75, 3.05) is 18.4 Å². The van der Waals surface area contributed by atoms with Gasteiger partial charge in [0, 0.05) is 29.7 Å². The van der Waals surface area contributed by atoms with Crippen molar-refractivity contribution in [1.82, 2.24) is 4.90 Å². The normalized spacial score (nSPS) is 16.1. The van der Waals surface area contributed by atoms with Crippen LogP contribution in [0, 0.1) is 17.2 Å². The zero-order valence-corrected chi connectivity index (χ0v) is 10.7. The molecule has 0 radical (unpaired) electrons. The number of anilines is 1. The van der Waals surface area contributed by atoms with Crippen molar-refractivity contribution in [3.8, 4) is 6.07 Å². The largest absolute Gasteiger partial charge is 0.324 e. The molecular weight excluding hydrogens is 250 g/mol. The summed E-state index contributed by atoms with van der Waals surface area (Å²) in [6.45, 7) is 1.26. The molecule has 0 spiro atoms. The smallest absolute Gasteiger partial charge is 0.321 e. The summed E-state index contributed by atoms with van der Waals surface area (Å²) in [4.78, 5) is 13.7. The molecular formula is C13H14ClN3O. The Bertz CT molecular complexity index is 475. The number of hydrogen-bond acceptors (Lipinski definition) is 2. The van der Waals surface area contributed by atoms with Gasteiger partial charge in [-0.05, 0) is 31.0 Å². The summed E-state index contributed by atoms with van der Waals surface area (Å²) < 4.78 is 0. The monoisotopic (exact) mass is 263 g/mol. The second-order valence-electron chi connectivity index (χ2n) is 4.33. The lowest BCUT2D eigenvalue weighted by Gasteiger charge is -2.29. The summed E-state index contributed by atoms with van der Waals surface area (Å²) >= 11 is 5.85. The van der Waals surface area contributed by atoms with E-state index in [0.717, 1.165) is 12.8 Å². The minimum absolute atomic E-state index is 0.0835. The molecule has 4 nitrogen and oxygen atoms in total. The van der Waals surface area contributed by atoms with Gasteiger partial charge in [0.2, 0.25) is 0 Å². The second-order valence-corrected chi connectivity index (χ2v) is 4.77. The maximum Gasteiger partial charge on any atom is 0.321 e. The molecule has 1 saturated heterocycles. The van der Waals surface area contributed by atoms with E-state index >= 15 is 0 Å². The van der Waals surface area contributed by atoms with Gasteiger partial charge in [-0.15, -0.1) is 0 Å². The molecule has 94 valence electrons. The van der Waals surface area contributed by atoms with Gasteiger partial charge in [-0.3, -0.25) is 0 Å². The lowest BCUT2D eigenvalue weighted by atomic mass is 9.99. The Kier molecular flexibility index (Phi) is 4.06. The Morgan fingerprint density at radius 2 is 2.17 bits per heavy atom. The Morgan fingerprint density at radius 1 is 1.44 bits per heavy atom. The lowest BCUT2D eigenvalue weighted by molar-refractivity contribution is 0.192. The molecule has 2 rings (SSSR count). The molecule has 5 heteroatoms. The average molecular weight is 264 g/mol. The first kappa shape index (κ1) is 12.7. The number of rotatable bonds is 1. The van der Waals surface area contributed by atoms with Gasteiger partial charge in [0.05, 0.1) is 6.07 Å².